The normalized spacial score (nSPS) is 16.6. The van der Waals surface area contributed by atoms with Gasteiger partial charge in [0.25, 0.3) is 0 Å². The van der Waals surface area contributed by atoms with Crippen LogP contribution in [0.3, 0.4) is 0 Å². The molecule has 1 amide bonds. The molecule has 0 N–H and O–H groups in total. The maximum absolute atomic E-state index is 13.3. The standard InChI is InChI=1S/C20H17ClFN3O3/c1-27-15-4-2-3-13(8-15)19-23-20(28-24-19)14-9-18(26)25(11-14)10-12-5-6-17(22)16(21)7-12/h2-8,14H,9-11H2,1H3. The Kier molecular flexibility index (Phi) is 5.00. The topological polar surface area (TPSA) is 68.5 Å². The highest BCUT2D eigenvalue weighted by molar-refractivity contribution is 6.30. The van der Waals surface area contributed by atoms with Crippen molar-refractivity contribution in [2.75, 3.05) is 13.7 Å². The number of nitrogens with zero attached hydrogens (tertiary/aromatic N) is 3. The number of amides is 1. The molecule has 2 aromatic carbocycles. The van der Waals surface area contributed by atoms with Crippen molar-refractivity contribution in [2.45, 2.75) is 18.9 Å². The molecule has 1 fully saturated rings. The van der Waals surface area contributed by atoms with E-state index in [4.69, 9.17) is 20.9 Å². The molecule has 4 rings (SSSR count). The zero-order valence-electron chi connectivity index (χ0n) is 15.1. The van der Waals surface area contributed by atoms with Crippen LogP contribution in [-0.2, 0) is 11.3 Å². The number of carbonyl (C=O) groups is 1. The molecule has 1 aromatic heterocycles. The van der Waals surface area contributed by atoms with Gasteiger partial charge in [-0.25, -0.2) is 4.39 Å². The lowest BCUT2D eigenvalue weighted by Crippen LogP contribution is -2.24. The fraction of sp³-hybridized carbons (Fsp3) is 0.250. The van der Waals surface area contributed by atoms with E-state index < -0.39 is 5.82 Å². The average Bonchev–Trinajstić information content (AvgIpc) is 3.32. The van der Waals surface area contributed by atoms with E-state index in [1.807, 2.05) is 24.3 Å². The highest BCUT2D eigenvalue weighted by Crippen LogP contribution is 2.30. The first-order valence-corrected chi connectivity index (χ1v) is 9.11. The summed E-state index contributed by atoms with van der Waals surface area (Å²) in [5.41, 5.74) is 1.54. The third-order valence-electron chi connectivity index (χ3n) is 4.69. The molecule has 1 unspecified atom stereocenters. The SMILES string of the molecule is COc1cccc(-c2noc(C3CC(=O)N(Cc4ccc(F)c(Cl)c4)C3)n2)c1. The van der Waals surface area contributed by atoms with Crippen LogP contribution in [0.4, 0.5) is 4.39 Å². The van der Waals surface area contributed by atoms with E-state index in [9.17, 15) is 9.18 Å². The summed E-state index contributed by atoms with van der Waals surface area (Å²) in [5, 5.41) is 4.07. The third-order valence-corrected chi connectivity index (χ3v) is 4.98. The molecule has 0 aliphatic carbocycles. The summed E-state index contributed by atoms with van der Waals surface area (Å²) in [6.07, 6.45) is 0.286. The molecule has 8 heteroatoms. The molecule has 0 radical (unpaired) electrons. The molecular weight excluding hydrogens is 385 g/mol. The van der Waals surface area contributed by atoms with Gasteiger partial charge in [-0.3, -0.25) is 4.79 Å². The average molecular weight is 402 g/mol. The lowest BCUT2D eigenvalue weighted by atomic mass is 10.1. The Morgan fingerprint density at radius 3 is 2.96 bits per heavy atom. The Morgan fingerprint density at radius 1 is 1.32 bits per heavy atom. The van der Waals surface area contributed by atoms with Crippen molar-refractivity contribution < 1.29 is 18.4 Å². The summed E-state index contributed by atoms with van der Waals surface area (Å²) in [5.74, 6) is 0.883. The van der Waals surface area contributed by atoms with E-state index in [0.29, 0.717) is 30.6 Å². The van der Waals surface area contributed by atoms with E-state index in [1.165, 1.54) is 12.1 Å². The quantitative estimate of drug-likeness (QED) is 0.645. The predicted octanol–water partition coefficient (Wildman–Crippen LogP) is 4.05. The fourth-order valence-electron chi connectivity index (χ4n) is 3.23. The first-order valence-electron chi connectivity index (χ1n) is 8.73. The number of methoxy groups -OCH3 is 1. The first-order chi connectivity index (χ1) is 13.5. The maximum Gasteiger partial charge on any atom is 0.232 e. The third kappa shape index (κ3) is 3.71. The summed E-state index contributed by atoms with van der Waals surface area (Å²) < 4.78 is 23.9. The van der Waals surface area contributed by atoms with Crippen LogP contribution < -0.4 is 4.74 Å². The molecular formula is C20H17ClFN3O3. The van der Waals surface area contributed by atoms with E-state index in [1.54, 1.807) is 18.1 Å². The monoisotopic (exact) mass is 401 g/mol. The second-order valence-electron chi connectivity index (χ2n) is 6.61. The summed E-state index contributed by atoms with van der Waals surface area (Å²) in [7, 11) is 1.59. The van der Waals surface area contributed by atoms with Gasteiger partial charge in [0.05, 0.1) is 18.1 Å². The number of aromatic nitrogens is 2. The molecule has 28 heavy (non-hydrogen) atoms. The number of hydrogen-bond donors (Lipinski definition) is 0. The minimum Gasteiger partial charge on any atom is -0.497 e. The summed E-state index contributed by atoms with van der Waals surface area (Å²) in [4.78, 5) is 18.5. The van der Waals surface area contributed by atoms with Gasteiger partial charge in [-0.2, -0.15) is 4.98 Å². The Labute approximate surface area is 165 Å². The van der Waals surface area contributed by atoms with E-state index >= 15 is 0 Å². The molecule has 6 nitrogen and oxygen atoms in total. The van der Waals surface area contributed by atoms with Gasteiger partial charge in [0, 0.05) is 25.1 Å². The van der Waals surface area contributed by atoms with Crippen molar-refractivity contribution in [3.63, 3.8) is 0 Å². The number of benzene rings is 2. The lowest BCUT2D eigenvalue weighted by molar-refractivity contribution is -0.128. The van der Waals surface area contributed by atoms with Gasteiger partial charge in [0.1, 0.15) is 11.6 Å². The van der Waals surface area contributed by atoms with Crippen molar-refractivity contribution >= 4 is 17.5 Å². The predicted molar refractivity (Wildman–Crippen MR) is 100 cm³/mol. The Hall–Kier alpha value is -2.93. The molecule has 2 heterocycles. The second-order valence-corrected chi connectivity index (χ2v) is 7.02. The molecule has 1 aliphatic heterocycles. The molecule has 3 aromatic rings. The minimum atomic E-state index is -0.480. The number of hydrogen-bond acceptors (Lipinski definition) is 5. The van der Waals surface area contributed by atoms with Crippen LogP contribution in [0.5, 0.6) is 5.75 Å². The van der Waals surface area contributed by atoms with Crippen molar-refractivity contribution in [3.8, 4) is 17.1 Å². The molecule has 0 spiro atoms. The van der Waals surface area contributed by atoms with Crippen LogP contribution in [-0.4, -0.2) is 34.6 Å². The highest BCUT2D eigenvalue weighted by Gasteiger charge is 2.34. The molecule has 1 atom stereocenters. The molecule has 0 bridgehead atoms. The van der Waals surface area contributed by atoms with Crippen LogP contribution in [0, 0.1) is 5.82 Å². The smallest absolute Gasteiger partial charge is 0.232 e. The van der Waals surface area contributed by atoms with Gasteiger partial charge in [-0.15, -0.1) is 0 Å². The van der Waals surface area contributed by atoms with Crippen molar-refractivity contribution in [1.29, 1.82) is 0 Å². The minimum absolute atomic E-state index is 0.0217. The maximum atomic E-state index is 13.3. The van der Waals surface area contributed by atoms with E-state index in [0.717, 1.165) is 11.1 Å². The highest BCUT2D eigenvalue weighted by atomic mass is 35.5. The van der Waals surface area contributed by atoms with E-state index in [-0.39, 0.29) is 23.3 Å². The molecule has 0 saturated carbocycles. The second kappa shape index (κ2) is 7.59. The van der Waals surface area contributed by atoms with Crippen LogP contribution >= 0.6 is 11.6 Å². The van der Waals surface area contributed by atoms with Gasteiger partial charge >= 0.3 is 0 Å². The lowest BCUT2D eigenvalue weighted by Gasteiger charge is -2.16. The van der Waals surface area contributed by atoms with Crippen molar-refractivity contribution in [3.05, 3.63) is 64.8 Å². The number of rotatable bonds is 5. The number of ether oxygens (including phenoxy) is 1. The largest absolute Gasteiger partial charge is 0.497 e. The van der Waals surface area contributed by atoms with Crippen molar-refractivity contribution in [1.82, 2.24) is 15.0 Å². The molecule has 1 saturated heterocycles. The number of halogens is 2. The van der Waals surface area contributed by atoms with Gasteiger partial charge in [-0.05, 0) is 29.8 Å². The number of likely N-dealkylation sites (tertiary alicyclic amines) is 1. The molecule has 1 aliphatic rings. The summed E-state index contributed by atoms with van der Waals surface area (Å²) in [6, 6.07) is 11.8. The van der Waals surface area contributed by atoms with Crippen LogP contribution in [0.25, 0.3) is 11.4 Å². The number of carbonyl (C=O) groups excluding carboxylic acids is 1. The van der Waals surface area contributed by atoms with Crippen molar-refractivity contribution in [2.24, 2.45) is 0 Å². The van der Waals surface area contributed by atoms with Crippen LogP contribution in [0.15, 0.2) is 47.0 Å². The Bertz CT molecular complexity index is 1020. The van der Waals surface area contributed by atoms with Crippen LogP contribution in [0.1, 0.15) is 23.8 Å². The van der Waals surface area contributed by atoms with Gasteiger partial charge in [0.2, 0.25) is 17.6 Å². The van der Waals surface area contributed by atoms with E-state index in [2.05, 4.69) is 10.1 Å². The summed E-state index contributed by atoms with van der Waals surface area (Å²) in [6.45, 7) is 0.805. The summed E-state index contributed by atoms with van der Waals surface area (Å²) >= 11 is 5.82. The first kappa shape index (κ1) is 18.4. The van der Waals surface area contributed by atoms with Crippen LogP contribution in [0.2, 0.25) is 5.02 Å². The zero-order chi connectivity index (χ0) is 19.7. The Morgan fingerprint density at radius 2 is 2.18 bits per heavy atom. The van der Waals surface area contributed by atoms with Gasteiger partial charge < -0.3 is 14.2 Å². The fourth-order valence-corrected chi connectivity index (χ4v) is 3.43. The Balaban J connectivity index is 1.48. The molecule has 144 valence electrons. The van der Waals surface area contributed by atoms with Gasteiger partial charge in [-0.1, -0.05) is 35.0 Å². The zero-order valence-corrected chi connectivity index (χ0v) is 15.8. The van der Waals surface area contributed by atoms with Gasteiger partial charge in [0.15, 0.2) is 0 Å².